The van der Waals surface area contributed by atoms with Gasteiger partial charge in [-0.2, -0.15) is 0 Å². The summed E-state index contributed by atoms with van der Waals surface area (Å²) < 4.78 is 27.1. The Kier molecular flexibility index (Phi) is 5.12. The van der Waals surface area contributed by atoms with Crippen LogP contribution >= 0.6 is 0 Å². The van der Waals surface area contributed by atoms with Gasteiger partial charge in [-0.05, 0) is 30.2 Å². The fourth-order valence-corrected chi connectivity index (χ4v) is 3.23. The maximum Gasteiger partial charge on any atom is 0.338 e. The molecule has 0 saturated carbocycles. The van der Waals surface area contributed by atoms with Gasteiger partial charge in [0.05, 0.1) is 12.7 Å². The molecule has 4 rings (SSSR count). The van der Waals surface area contributed by atoms with Gasteiger partial charge in [0.15, 0.2) is 11.5 Å². The van der Waals surface area contributed by atoms with Crippen LogP contribution in [0.3, 0.4) is 0 Å². The summed E-state index contributed by atoms with van der Waals surface area (Å²) in [5, 5.41) is 0.731. The van der Waals surface area contributed by atoms with Crippen LogP contribution in [0.1, 0.15) is 28.4 Å². The van der Waals surface area contributed by atoms with Crippen LogP contribution in [0.25, 0.3) is 11.0 Å². The molecule has 0 saturated heterocycles. The molecular weight excluding hydrogens is 376 g/mol. The van der Waals surface area contributed by atoms with Gasteiger partial charge < -0.3 is 23.4 Å². The molecule has 150 valence electrons. The minimum atomic E-state index is -0.563. The standard InChI is InChI=1S/C22H20O7/c1-3-13-4-5-16-15(11-20(23)29-17(16)8-13)12-28-22(24)14-9-18(25-2)21-19(10-14)26-6-7-27-21/h4-5,8-11H,3,6-7,12H2,1-2H3. The van der Waals surface area contributed by atoms with Crippen LogP contribution in [0, 0.1) is 0 Å². The molecule has 0 atom stereocenters. The lowest BCUT2D eigenvalue weighted by Gasteiger charge is -2.21. The Labute approximate surface area is 166 Å². The predicted molar refractivity (Wildman–Crippen MR) is 105 cm³/mol. The Morgan fingerprint density at radius 1 is 1.10 bits per heavy atom. The Bertz CT molecular complexity index is 1110. The Morgan fingerprint density at radius 2 is 1.93 bits per heavy atom. The van der Waals surface area contributed by atoms with E-state index in [9.17, 15) is 9.59 Å². The molecule has 29 heavy (non-hydrogen) atoms. The quantitative estimate of drug-likeness (QED) is 0.482. The summed E-state index contributed by atoms with van der Waals surface area (Å²) in [6.07, 6.45) is 0.824. The van der Waals surface area contributed by atoms with Gasteiger partial charge in [0.2, 0.25) is 5.75 Å². The summed E-state index contributed by atoms with van der Waals surface area (Å²) in [5.41, 5.74) is 1.89. The number of methoxy groups -OCH3 is 1. The highest BCUT2D eigenvalue weighted by atomic mass is 16.6. The number of rotatable bonds is 5. The lowest BCUT2D eigenvalue weighted by Crippen LogP contribution is -2.17. The Morgan fingerprint density at radius 3 is 2.72 bits per heavy atom. The van der Waals surface area contributed by atoms with E-state index < -0.39 is 11.6 Å². The van der Waals surface area contributed by atoms with E-state index in [4.69, 9.17) is 23.4 Å². The third kappa shape index (κ3) is 3.76. The monoisotopic (exact) mass is 396 g/mol. The van der Waals surface area contributed by atoms with E-state index in [2.05, 4.69) is 0 Å². The first-order chi connectivity index (χ1) is 14.1. The molecule has 1 aromatic heterocycles. The van der Waals surface area contributed by atoms with Crippen molar-refractivity contribution in [1.82, 2.24) is 0 Å². The van der Waals surface area contributed by atoms with Crippen LogP contribution in [-0.2, 0) is 17.8 Å². The van der Waals surface area contributed by atoms with Gasteiger partial charge in [-0.15, -0.1) is 0 Å². The number of esters is 1. The van der Waals surface area contributed by atoms with Crippen LogP contribution in [0.4, 0.5) is 0 Å². The van der Waals surface area contributed by atoms with Crippen molar-refractivity contribution in [1.29, 1.82) is 0 Å². The number of ether oxygens (including phenoxy) is 4. The number of carbonyl (C=O) groups excluding carboxylic acids is 1. The van der Waals surface area contributed by atoms with Crippen LogP contribution in [0.5, 0.6) is 17.2 Å². The van der Waals surface area contributed by atoms with E-state index in [0.29, 0.717) is 41.6 Å². The molecule has 7 heteroatoms. The summed E-state index contributed by atoms with van der Waals surface area (Å²) in [4.78, 5) is 24.5. The first-order valence-electron chi connectivity index (χ1n) is 9.29. The van der Waals surface area contributed by atoms with Crippen LogP contribution in [-0.4, -0.2) is 26.3 Å². The zero-order valence-electron chi connectivity index (χ0n) is 16.2. The zero-order chi connectivity index (χ0) is 20.4. The molecule has 2 heterocycles. The van der Waals surface area contributed by atoms with E-state index in [-0.39, 0.29) is 12.2 Å². The van der Waals surface area contributed by atoms with Gasteiger partial charge in [-0.25, -0.2) is 9.59 Å². The summed E-state index contributed by atoms with van der Waals surface area (Å²) in [7, 11) is 1.49. The molecule has 7 nitrogen and oxygen atoms in total. The summed E-state index contributed by atoms with van der Waals surface area (Å²) in [6, 6.07) is 10.1. The van der Waals surface area contributed by atoms with Gasteiger partial charge in [0.25, 0.3) is 0 Å². The average molecular weight is 396 g/mol. The van der Waals surface area contributed by atoms with Crippen molar-refractivity contribution in [3.05, 3.63) is 63.5 Å². The van der Waals surface area contributed by atoms with Crippen molar-refractivity contribution in [2.45, 2.75) is 20.0 Å². The second kappa shape index (κ2) is 7.87. The Hall–Kier alpha value is -3.48. The van der Waals surface area contributed by atoms with Crippen LogP contribution < -0.4 is 19.8 Å². The minimum absolute atomic E-state index is 0.0663. The molecule has 1 aliphatic rings. The van der Waals surface area contributed by atoms with Crippen molar-refractivity contribution in [3.8, 4) is 17.2 Å². The highest BCUT2D eigenvalue weighted by Crippen LogP contribution is 2.40. The minimum Gasteiger partial charge on any atom is -0.493 e. The number of fused-ring (bicyclic) bond motifs is 2. The van der Waals surface area contributed by atoms with Crippen molar-refractivity contribution < 1.29 is 28.2 Å². The number of aryl methyl sites for hydroxylation is 1. The maximum absolute atomic E-state index is 12.6. The van der Waals surface area contributed by atoms with Gasteiger partial charge in [0, 0.05) is 17.0 Å². The predicted octanol–water partition coefficient (Wildman–Crippen LogP) is 3.49. The molecule has 0 spiro atoms. The molecule has 0 radical (unpaired) electrons. The third-order valence-corrected chi connectivity index (χ3v) is 4.73. The normalized spacial score (nSPS) is 12.6. The number of benzene rings is 2. The molecule has 0 amide bonds. The smallest absolute Gasteiger partial charge is 0.338 e. The molecule has 0 aliphatic carbocycles. The van der Waals surface area contributed by atoms with Crippen LogP contribution in [0.2, 0.25) is 0 Å². The third-order valence-electron chi connectivity index (χ3n) is 4.73. The summed E-state index contributed by atoms with van der Waals surface area (Å²) >= 11 is 0. The van der Waals surface area contributed by atoms with Gasteiger partial charge in [0.1, 0.15) is 25.4 Å². The SMILES string of the molecule is CCc1ccc2c(COC(=O)c3cc(OC)c4c(c3)OCCO4)cc(=O)oc2c1. The molecule has 3 aromatic rings. The zero-order valence-corrected chi connectivity index (χ0v) is 16.2. The summed E-state index contributed by atoms with van der Waals surface area (Å²) in [6.45, 7) is 2.76. The highest BCUT2D eigenvalue weighted by molar-refractivity contribution is 5.91. The lowest BCUT2D eigenvalue weighted by molar-refractivity contribution is 0.0472. The van der Waals surface area contributed by atoms with E-state index in [1.807, 2.05) is 25.1 Å². The number of hydrogen-bond acceptors (Lipinski definition) is 7. The van der Waals surface area contributed by atoms with Crippen molar-refractivity contribution in [3.63, 3.8) is 0 Å². The van der Waals surface area contributed by atoms with Gasteiger partial charge in [-0.3, -0.25) is 0 Å². The fourth-order valence-electron chi connectivity index (χ4n) is 3.23. The first-order valence-corrected chi connectivity index (χ1v) is 9.29. The Balaban J connectivity index is 1.60. The van der Waals surface area contributed by atoms with Crippen LogP contribution in [0.15, 0.2) is 45.6 Å². The highest BCUT2D eigenvalue weighted by Gasteiger charge is 2.22. The number of hydrogen-bond donors (Lipinski definition) is 0. The second-order valence-electron chi connectivity index (χ2n) is 6.55. The molecule has 1 aliphatic heterocycles. The maximum atomic E-state index is 12.6. The topological polar surface area (TPSA) is 84.2 Å². The van der Waals surface area contributed by atoms with E-state index in [1.54, 1.807) is 12.1 Å². The molecule has 0 unspecified atom stereocenters. The number of carbonyl (C=O) groups is 1. The molecular formula is C22H20O7. The van der Waals surface area contributed by atoms with Gasteiger partial charge >= 0.3 is 11.6 Å². The van der Waals surface area contributed by atoms with E-state index in [1.165, 1.54) is 13.2 Å². The second-order valence-corrected chi connectivity index (χ2v) is 6.55. The molecule has 0 bridgehead atoms. The van der Waals surface area contributed by atoms with Crippen molar-refractivity contribution in [2.24, 2.45) is 0 Å². The molecule has 0 fully saturated rings. The van der Waals surface area contributed by atoms with E-state index >= 15 is 0 Å². The largest absolute Gasteiger partial charge is 0.493 e. The van der Waals surface area contributed by atoms with Crippen molar-refractivity contribution in [2.75, 3.05) is 20.3 Å². The first kappa shape index (κ1) is 18.9. The average Bonchev–Trinajstić information content (AvgIpc) is 2.75. The van der Waals surface area contributed by atoms with E-state index in [0.717, 1.165) is 17.4 Å². The molecule has 0 N–H and O–H groups in total. The van der Waals surface area contributed by atoms with Gasteiger partial charge in [-0.1, -0.05) is 19.1 Å². The fraction of sp³-hybridized carbons (Fsp3) is 0.273. The lowest BCUT2D eigenvalue weighted by atomic mass is 10.1. The van der Waals surface area contributed by atoms with Crippen molar-refractivity contribution >= 4 is 16.9 Å². The summed E-state index contributed by atoms with van der Waals surface area (Å²) in [5.74, 6) is 0.730. The molecule has 2 aromatic carbocycles.